The van der Waals surface area contributed by atoms with E-state index in [1.807, 2.05) is 6.08 Å². The van der Waals surface area contributed by atoms with Crippen LogP contribution in [0.1, 0.15) is 258 Å². The van der Waals surface area contributed by atoms with E-state index in [9.17, 15) is 15.0 Å². The highest BCUT2D eigenvalue weighted by atomic mass is 16.3. The number of hydrogen-bond donors (Lipinski definition) is 3. The van der Waals surface area contributed by atoms with Crippen molar-refractivity contribution in [3.8, 4) is 0 Å². The van der Waals surface area contributed by atoms with Crippen LogP contribution in [0.2, 0.25) is 0 Å². The summed E-state index contributed by atoms with van der Waals surface area (Å²) in [5, 5.41) is 23.1. The Kier molecular flexibility index (Phi) is 46.3. The van der Waals surface area contributed by atoms with Crippen molar-refractivity contribution in [3.63, 3.8) is 0 Å². The van der Waals surface area contributed by atoms with E-state index >= 15 is 0 Å². The highest BCUT2D eigenvalue weighted by Crippen LogP contribution is 2.16. The third-order valence-corrected chi connectivity index (χ3v) is 11.3. The van der Waals surface area contributed by atoms with Crippen molar-refractivity contribution in [2.45, 2.75) is 270 Å². The average Bonchev–Trinajstić information content (AvgIpc) is 3.20. The summed E-state index contributed by atoms with van der Waals surface area (Å²) in [6.07, 6.45) is 65.2. The molecule has 0 aliphatic carbocycles. The fourth-order valence-electron chi connectivity index (χ4n) is 7.48. The molecule has 328 valence electrons. The molecule has 0 aliphatic heterocycles. The Morgan fingerprint density at radius 1 is 0.429 bits per heavy atom. The second kappa shape index (κ2) is 47.7. The van der Waals surface area contributed by atoms with Gasteiger partial charge in [0.05, 0.1) is 18.8 Å². The van der Waals surface area contributed by atoms with E-state index in [4.69, 9.17) is 0 Å². The van der Waals surface area contributed by atoms with Gasteiger partial charge in [0.1, 0.15) is 0 Å². The predicted octanol–water partition coefficient (Wildman–Crippen LogP) is 15.9. The maximum absolute atomic E-state index is 12.4. The van der Waals surface area contributed by atoms with Gasteiger partial charge in [0.25, 0.3) is 0 Å². The first-order valence-corrected chi connectivity index (χ1v) is 24.9. The number of allylic oxidation sites excluding steroid dienone is 7. The second-order valence-electron chi connectivity index (χ2n) is 16.9. The number of nitrogens with one attached hydrogen (secondary N) is 1. The number of aliphatic hydroxyl groups excluding tert-OH is 2. The van der Waals surface area contributed by atoms with Crippen LogP contribution in [-0.2, 0) is 4.79 Å². The minimum atomic E-state index is -0.846. The van der Waals surface area contributed by atoms with E-state index in [2.05, 4.69) is 55.6 Å². The summed E-state index contributed by atoms with van der Waals surface area (Å²) in [6.45, 7) is 4.29. The fourth-order valence-corrected chi connectivity index (χ4v) is 7.48. The molecule has 0 spiro atoms. The molecule has 1 amide bonds. The van der Waals surface area contributed by atoms with E-state index in [1.54, 1.807) is 6.08 Å². The van der Waals surface area contributed by atoms with Crippen LogP contribution >= 0.6 is 0 Å². The van der Waals surface area contributed by atoms with Crippen LogP contribution < -0.4 is 5.32 Å². The minimum absolute atomic E-state index is 0.0755. The average molecular weight is 784 g/mol. The van der Waals surface area contributed by atoms with Crippen molar-refractivity contribution < 1.29 is 15.0 Å². The van der Waals surface area contributed by atoms with Crippen molar-refractivity contribution in [2.75, 3.05) is 6.61 Å². The molecular weight excluding hydrogens is 687 g/mol. The third-order valence-electron chi connectivity index (χ3n) is 11.3. The molecule has 0 radical (unpaired) electrons. The molecule has 0 aromatic heterocycles. The maximum Gasteiger partial charge on any atom is 0.220 e. The molecule has 0 bridgehead atoms. The van der Waals surface area contributed by atoms with Gasteiger partial charge >= 0.3 is 0 Å². The zero-order chi connectivity index (χ0) is 40.7. The molecule has 0 rings (SSSR count). The summed E-state index contributed by atoms with van der Waals surface area (Å²) in [6, 6.07) is -0.631. The number of carbonyl (C=O) groups is 1. The topological polar surface area (TPSA) is 69.6 Å². The van der Waals surface area contributed by atoms with E-state index in [0.717, 1.165) is 51.4 Å². The summed E-state index contributed by atoms with van der Waals surface area (Å²) in [5.41, 5.74) is 0. The van der Waals surface area contributed by atoms with E-state index in [-0.39, 0.29) is 12.5 Å². The van der Waals surface area contributed by atoms with Gasteiger partial charge in [-0.15, -0.1) is 0 Å². The summed E-state index contributed by atoms with van der Waals surface area (Å²) in [4.78, 5) is 12.4. The van der Waals surface area contributed by atoms with E-state index in [0.29, 0.717) is 6.42 Å². The molecule has 0 aromatic carbocycles. The zero-order valence-corrected chi connectivity index (χ0v) is 37.7. The first kappa shape index (κ1) is 54.3. The van der Waals surface area contributed by atoms with Gasteiger partial charge in [-0.1, -0.05) is 242 Å². The Bertz CT molecular complexity index is 893. The number of unbranched alkanes of at least 4 members (excludes halogenated alkanes) is 32. The summed E-state index contributed by atoms with van der Waals surface area (Å²) < 4.78 is 0. The second-order valence-corrected chi connectivity index (χ2v) is 16.9. The Balaban J connectivity index is 3.55. The van der Waals surface area contributed by atoms with Crippen LogP contribution in [-0.4, -0.2) is 34.9 Å². The molecule has 4 nitrogen and oxygen atoms in total. The zero-order valence-electron chi connectivity index (χ0n) is 37.7. The SMILES string of the molecule is CCCCC/C=C\C/C=C\C/C=C\CCCCCCCCC(=O)NC(CO)C(O)/C=C/CCCCCCCCCCCCCCCCCCCCCCCCC. The molecule has 4 heteroatoms. The number of amides is 1. The van der Waals surface area contributed by atoms with Crippen molar-refractivity contribution in [1.29, 1.82) is 0 Å². The van der Waals surface area contributed by atoms with Gasteiger partial charge in [-0.3, -0.25) is 4.79 Å². The van der Waals surface area contributed by atoms with Crippen molar-refractivity contribution in [2.24, 2.45) is 0 Å². The van der Waals surface area contributed by atoms with Gasteiger partial charge in [-0.05, 0) is 57.8 Å². The Labute approximate surface area is 350 Å². The number of rotatable bonds is 45. The molecule has 0 saturated carbocycles. The highest BCUT2D eigenvalue weighted by Gasteiger charge is 2.18. The van der Waals surface area contributed by atoms with Crippen LogP contribution in [0.5, 0.6) is 0 Å². The molecule has 0 aliphatic rings. The third kappa shape index (κ3) is 43.5. The molecule has 0 fully saturated rings. The van der Waals surface area contributed by atoms with E-state index < -0.39 is 12.1 Å². The van der Waals surface area contributed by atoms with Crippen molar-refractivity contribution in [3.05, 3.63) is 48.6 Å². The lowest BCUT2D eigenvalue weighted by Crippen LogP contribution is -2.45. The normalized spacial score (nSPS) is 13.3. The van der Waals surface area contributed by atoms with Crippen molar-refractivity contribution in [1.82, 2.24) is 5.32 Å². The van der Waals surface area contributed by atoms with Crippen LogP contribution in [0.3, 0.4) is 0 Å². The molecule has 0 aromatic rings. The lowest BCUT2D eigenvalue weighted by Gasteiger charge is -2.20. The first-order chi connectivity index (χ1) is 27.7. The lowest BCUT2D eigenvalue weighted by molar-refractivity contribution is -0.123. The predicted molar refractivity (Wildman–Crippen MR) is 248 cm³/mol. The molecule has 0 heterocycles. The van der Waals surface area contributed by atoms with Gasteiger partial charge in [-0.25, -0.2) is 0 Å². The minimum Gasteiger partial charge on any atom is -0.394 e. The van der Waals surface area contributed by atoms with Gasteiger partial charge in [0.2, 0.25) is 5.91 Å². The fraction of sp³-hybridized carbons (Fsp3) is 0.827. The number of aliphatic hydroxyl groups is 2. The molecule has 2 atom stereocenters. The molecule has 2 unspecified atom stereocenters. The van der Waals surface area contributed by atoms with Gasteiger partial charge < -0.3 is 15.5 Å². The van der Waals surface area contributed by atoms with Gasteiger partial charge in [-0.2, -0.15) is 0 Å². The number of hydrogen-bond acceptors (Lipinski definition) is 3. The van der Waals surface area contributed by atoms with E-state index in [1.165, 1.54) is 186 Å². The van der Waals surface area contributed by atoms with Crippen LogP contribution in [0.4, 0.5) is 0 Å². The largest absolute Gasteiger partial charge is 0.394 e. The monoisotopic (exact) mass is 784 g/mol. The van der Waals surface area contributed by atoms with Crippen LogP contribution in [0.25, 0.3) is 0 Å². The highest BCUT2D eigenvalue weighted by molar-refractivity contribution is 5.76. The Morgan fingerprint density at radius 3 is 1.12 bits per heavy atom. The standard InChI is InChI=1S/C52H97NO3/c1-3-5-7-9-11-13-15-17-19-21-23-24-25-26-27-28-30-31-33-35-37-39-41-43-45-47-51(55)50(49-54)53-52(56)48-46-44-42-40-38-36-34-32-29-22-20-18-16-14-12-10-8-6-4-2/h12,14,18,20,29,32,45,47,50-51,54-55H,3-11,13,15-17,19,21-28,30-31,33-44,46,48-49H2,1-2H3,(H,53,56)/b14-12-,20-18-,32-29-,47-45+. The quantitative estimate of drug-likeness (QED) is 0.0425. The Hall–Kier alpha value is -1.65. The molecule has 56 heavy (non-hydrogen) atoms. The summed E-state index contributed by atoms with van der Waals surface area (Å²) in [5.74, 6) is -0.0755. The molecular formula is C52H97NO3. The smallest absolute Gasteiger partial charge is 0.220 e. The molecule has 0 saturated heterocycles. The summed E-state index contributed by atoms with van der Waals surface area (Å²) in [7, 11) is 0. The van der Waals surface area contributed by atoms with Crippen molar-refractivity contribution >= 4 is 5.91 Å². The maximum atomic E-state index is 12.4. The van der Waals surface area contributed by atoms with Crippen LogP contribution in [0, 0.1) is 0 Å². The first-order valence-electron chi connectivity index (χ1n) is 24.9. The number of carbonyl (C=O) groups excluding carboxylic acids is 1. The van der Waals surface area contributed by atoms with Gasteiger partial charge in [0, 0.05) is 6.42 Å². The molecule has 3 N–H and O–H groups in total. The van der Waals surface area contributed by atoms with Crippen LogP contribution in [0.15, 0.2) is 48.6 Å². The summed E-state index contributed by atoms with van der Waals surface area (Å²) >= 11 is 0. The Morgan fingerprint density at radius 2 is 0.732 bits per heavy atom. The lowest BCUT2D eigenvalue weighted by atomic mass is 10.0. The van der Waals surface area contributed by atoms with Gasteiger partial charge in [0.15, 0.2) is 0 Å².